The fraction of sp³-hybridized carbons (Fsp3) is 0.348. The van der Waals surface area contributed by atoms with Gasteiger partial charge in [0.2, 0.25) is 0 Å². The fourth-order valence-corrected chi connectivity index (χ4v) is 4.15. The van der Waals surface area contributed by atoms with Gasteiger partial charge in [0.1, 0.15) is 11.1 Å². The molecule has 0 spiro atoms. The number of ether oxygens (including phenoxy) is 1. The maximum absolute atomic E-state index is 13.0. The Hall–Kier alpha value is -2.17. The molecule has 1 unspecified atom stereocenters. The van der Waals surface area contributed by atoms with E-state index in [1.807, 2.05) is 35.5 Å². The lowest BCUT2D eigenvalue weighted by Gasteiger charge is -2.20. The summed E-state index contributed by atoms with van der Waals surface area (Å²) in [5.41, 5.74) is 1.26. The molecule has 1 heterocycles. The van der Waals surface area contributed by atoms with Crippen LogP contribution in [0.2, 0.25) is 5.02 Å². The molecule has 2 N–H and O–H groups in total. The number of anilines is 1. The molecule has 2 aromatic carbocycles. The van der Waals surface area contributed by atoms with Crippen LogP contribution in [0.15, 0.2) is 53.9 Å². The minimum atomic E-state index is -4.41. The van der Waals surface area contributed by atoms with Crippen molar-refractivity contribution in [2.24, 2.45) is 0 Å². The quantitative estimate of drug-likeness (QED) is 0.361. The number of benzene rings is 2. The number of alkyl halides is 3. The van der Waals surface area contributed by atoms with Gasteiger partial charge in [0.15, 0.2) is 0 Å². The van der Waals surface area contributed by atoms with Crippen LogP contribution in [0, 0.1) is 0 Å². The average molecular weight is 500 g/mol. The summed E-state index contributed by atoms with van der Waals surface area (Å²) in [6, 6.07) is 12.4. The Bertz CT molecular complexity index is 1030. The summed E-state index contributed by atoms with van der Waals surface area (Å²) in [4.78, 5) is 6.61. The van der Waals surface area contributed by atoms with Crippen molar-refractivity contribution in [3.05, 3.63) is 69.5 Å². The Morgan fingerprint density at radius 2 is 1.97 bits per heavy atom. The van der Waals surface area contributed by atoms with E-state index in [-0.39, 0.29) is 13.2 Å². The van der Waals surface area contributed by atoms with Crippen molar-refractivity contribution in [2.45, 2.75) is 12.3 Å². The number of hydrogen-bond donors (Lipinski definition) is 2. The van der Waals surface area contributed by atoms with Gasteiger partial charge < -0.3 is 20.1 Å². The molecule has 3 rings (SSSR count). The number of thiazole rings is 1. The molecule has 5 nitrogen and oxygen atoms in total. The van der Waals surface area contributed by atoms with Crippen molar-refractivity contribution < 1.29 is 23.0 Å². The fourth-order valence-electron chi connectivity index (χ4n) is 3.08. The highest BCUT2D eigenvalue weighted by molar-refractivity contribution is 7.10. The van der Waals surface area contributed by atoms with E-state index in [9.17, 15) is 13.2 Å². The van der Waals surface area contributed by atoms with Gasteiger partial charge in [0, 0.05) is 41.3 Å². The molecule has 1 aromatic heterocycles. The summed E-state index contributed by atoms with van der Waals surface area (Å²) >= 11 is 7.51. The van der Waals surface area contributed by atoms with Gasteiger partial charge in [-0.15, -0.1) is 11.3 Å². The number of rotatable bonds is 11. The maximum Gasteiger partial charge on any atom is 0.416 e. The number of nitrogens with zero attached hydrogens (tertiary/aromatic N) is 2. The molecule has 0 saturated heterocycles. The molecule has 0 aliphatic carbocycles. The molecule has 0 aliphatic heterocycles. The Balaban J connectivity index is 1.74. The van der Waals surface area contributed by atoms with E-state index in [0.29, 0.717) is 35.4 Å². The van der Waals surface area contributed by atoms with Gasteiger partial charge in [0.25, 0.3) is 0 Å². The number of nitrogens with one attached hydrogen (secondary N) is 1. The normalized spacial score (nSPS) is 12.8. The SMILES string of the molecule is CN(CCO)CCOC(CNc1cccc(C(F)(F)F)c1)c1nc(-c2cccc(Cl)c2)cs1. The molecule has 10 heteroatoms. The van der Waals surface area contributed by atoms with E-state index in [1.165, 1.54) is 17.4 Å². The van der Waals surface area contributed by atoms with Crippen LogP contribution in [0.1, 0.15) is 16.7 Å². The van der Waals surface area contributed by atoms with Crippen molar-refractivity contribution in [1.82, 2.24) is 9.88 Å². The second-order valence-electron chi connectivity index (χ2n) is 7.43. The van der Waals surface area contributed by atoms with Crippen LogP contribution in [-0.4, -0.2) is 54.9 Å². The van der Waals surface area contributed by atoms with Crippen molar-refractivity contribution in [3.63, 3.8) is 0 Å². The van der Waals surface area contributed by atoms with E-state index >= 15 is 0 Å². The number of halogens is 4. The van der Waals surface area contributed by atoms with Crippen LogP contribution in [0.3, 0.4) is 0 Å². The van der Waals surface area contributed by atoms with Gasteiger partial charge in [-0.05, 0) is 37.4 Å². The summed E-state index contributed by atoms with van der Waals surface area (Å²) in [6.07, 6.45) is -4.88. The van der Waals surface area contributed by atoms with E-state index in [2.05, 4.69) is 10.3 Å². The van der Waals surface area contributed by atoms with Gasteiger partial charge in [-0.2, -0.15) is 13.2 Å². The zero-order valence-corrected chi connectivity index (χ0v) is 19.6. The van der Waals surface area contributed by atoms with Crippen LogP contribution >= 0.6 is 22.9 Å². The number of aromatic nitrogens is 1. The second-order valence-corrected chi connectivity index (χ2v) is 8.75. The third kappa shape index (κ3) is 7.68. The highest BCUT2D eigenvalue weighted by Gasteiger charge is 2.30. The number of aliphatic hydroxyl groups is 1. The second kappa shape index (κ2) is 11.8. The molecule has 0 radical (unpaired) electrons. The average Bonchev–Trinajstić information content (AvgIpc) is 3.26. The first-order valence-electron chi connectivity index (χ1n) is 10.3. The predicted molar refractivity (Wildman–Crippen MR) is 126 cm³/mol. The van der Waals surface area contributed by atoms with Crippen LogP contribution in [0.4, 0.5) is 18.9 Å². The highest BCUT2D eigenvalue weighted by atomic mass is 35.5. The molecule has 0 fully saturated rings. The van der Waals surface area contributed by atoms with Crippen LogP contribution < -0.4 is 5.32 Å². The molecule has 3 aromatic rings. The van der Waals surface area contributed by atoms with Crippen molar-refractivity contribution in [3.8, 4) is 11.3 Å². The van der Waals surface area contributed by atoms with Crippen molar-refractivity contribution in [2.75, 3.05) is 45.2 Å². The van der Waals surface area contributed by atoms with E-state index < -0.39 is 17.8 Å². The van der Waals surface area contributed by atoms with Crippen molar-refractivity contribution in [1.29, 1.82) is 0 Å². The minimum Gasteiger partial charge on any atom is -0.395 e. The molecule has 0 amide bonds. The minimum absolute atomic E-state index is 0.0481. The van der Waals surface area contributed by atoms with Gasteiger partial charge in [-0.25, -0.2) is 4.98 Å². The summed E-state index contributed by atoms with van der Waals surface area (Å²) in [6.45, 7) is 1.78. The third-order valence-corrected chi connectivity index (χ3v) is 6.04. The number of hydrogen-bond acceptors (Lipinski definition) is 6. The summed E-state index contributed by atoms with van der Waals surface area (Å²) < 4.78 is 45.2. The van der Waals surface area contributed by atoms with Crippen molar-refractivity contribution >= 4 is 28.6 Å². The van der Waals surface area contributed by atoms with Crippen LogP contribution in [-0.2, 0) is 10.9 Å². The summed E-state index contributed by atoms with van der Waals surface area (Å²) in [5.74, 6) is 0. The molecular weight excluding hydrogens is 475 g/mol. The smallest absolute Gasteiger partial charge is 0.395 e. The lowest BCUT2D eigenvalue weighted by atomic mass is 10.2. The predicted octanol–water partition coefficient (Wildman–Crippen LogP) is 5.58. The lowest BCUT2D eigenvalue weighted by molar-refractivity contribution is -0.137. The molecule has 33 heavy (non-hydrogen) atoms. The molecule has 178 valence electrons. The summed E-state index contributed by atoms with van der Waals surface area (Å²) in [5, 5.41) is 15.3. The lowest BCUT2D eigenvalue weighted by Crippen LogP contribution is -2.27. The molecule has 0 saturated carbocycles. The van der Waals surface area contributed by atoms with E-state index in [1.54, 1.807) is 12.1 Å². The molecule has 0 bridgehead atoms. The van der Waals surface area contributed by atoms with E-state index in [0.717, 1.165) is 23.4 Å². The van der Waals surface area contributed by atoms with Gasteiger partial charge in [-0.3, -0.25) is 0 Å². The van der Waals surface area contributed by atoms with Gasteiger partial charge in [-0.1, -0.05) is 29.8 Å². The Morgan fingerprint density at radius 3 is 2.70 bits per heavy atom. The molecular formula is C23H25ClF3N3O2S. The summed E-state index contributed by atoms with van der Waals surface area (Å²) in [7, 11) is 1.87. The first-order valence-corrected chi connectivity index (χ1v) is 11.6. The molecule has 0 aliphatic rings. The van der Waals surface area contributed by atoms with Gasteiger partial charge >= 0.3 is 6.18 Å². The maximum atomic E-state index is 13.0. The zero-order chi connectivity index (χ0) is 23.8. The Labute approximate surface area is 199 Å². The highest BCUT2D eigenvalue weighted by Crippen LogP contribution is 2.32. The topological polar surface area (TPSA) is 57.6 Å². The number of aliphatic hydroxyl groups excluding tert-OH is 1. The Kier molecular flexibility index (Phi) is 9.10. The zero-order valence-electron chi connectivity index (χ0n) is 18.0. The first kappa shape index (κ1) is 25.5. The molecule has 1 atom stereocenters. The van der Waals surface area contributed by atoms with Gasteiger partial charge in [0.05, 0.1) is 24.5 Å². The Morgan fingerprint density at radius 1 is 1.18 bits per heavy atom. The number of likely N-dealkylation sites (N-methyl/N-ethyl adjacent to an activating group) is 1. The first-order chi connectivity index (χ1) is 15.8. The van der Waals surface area contributed by atoms with Crippen LogP contribution in [0.25, 0.3) is 11.3 Å². The van der Waals surface area contributed by atoms with Crippen LogP contribution in [0.5, 0.6) is 0 Å². The third-order valence-electron chi connectivity index (χ3n) is 4.87. The van der Waals surface area contributed by atoms with E-state index in [4.69, 9.17) is 21.4 Å². The standard InChI is InChI=1S/C23H25ClF3N3O2S/c1-30(8-10-31)9-11-32-21(14-28-19-7-3-5-17(13-19)23(25,26)27)22-29-20(15-33-22)16-4-2-6-18(24)12-16/h2-7,12-13,15,21,28,31H,8-11,14H2,1H3. The largest absolute Gasteiger partial charge is 0.416 e. The monoisotopic (exact) mass is 499 g/mol.